The van der Waals surface area contributed by atoms with E-state index in [0.717, 1.165) is 23.1 Å². The topological polar surface area (TPSA) is 66.8 Å². The largest absolute Gasteiger partial charge is 0.507 e. The number of amides is 1. The van der Waals surface area contributed by atoms with Crippen LogP contribution in [0.4, 0.5) is 14.5 Å². The van der Waals surface area contributed by atoms with E-state index in [9.17, 15) is 23.5 Å². The van der Waals surface area contributed by atoms with E-state index < -0.39 is 35.1 Å². The average Bonchev–Trinajstić information content (AvgIpc) is 3.41. The maximum atomic E-state index is 14.6. The van der Waals surface area contributed by atoms with Crippen LogP contribution in [0.25, 0.3) is 5.76 Å². The fraction of sp³-hybridized carbons (Fsp3) is 0.200. The van der Waals surface area contributed by atoms with Gasteiger partial charge in [0.25, 0.3) is 11.7 Å². The minimum Gasteiger partial charge on any atom is -0.507 e. The molecule has 1 saturated heterocycles. The Hall–Kier alpha value is -3.52. The van der Waals surface area contributed by atoms with Crippen LogP contribution < -0.4 is 9.64 Å². The number of hydrogen-bond donors (Lipinski definition) is 1. The molecule has 1 fully saturated rings. The van der Waals surface area contributed by atoms with Gasteiger partial charge in [0, 0.05) is 16.5 Å². The zero-order valence-corrected chi connectivity index (χ0v) is 18.7. The van der Waals surface area contributed by atoms with Crippen LogP contribution in [-0.4, -0.2) is 23.4 Å². The van der Waals surface area contributed by atoms with Crippen molar-refractivity contribution in [1.82, 2.24) is 0 Å². The summed E-state index contributed by atoms with van der Waals surface area (Å²) >= 11 is 1.23. The summed E-state index contributed by atoms with van der Waals surface area (Å²) in [5.74, 6) is -3.29. The molecule has 1 unspecified atom stereocenters. The molecule has 33 heavy (non-hydrogen) atoms. The predicted octanol–water partition coefficient (Wildman–Crippen LogP) is 5.69. The van der Waals surface area contributed by atoms with E-state index in [1.165, 1.54) is 11.3 Å². The summed E-state index contributed by atoms with van der Waals surface area (Å²) in [4.78, 5) is 27.5. The van der Waals surface area contributed by atoms with Crippen LogP contribution in [-0.2, 0) is 9.59 Å². The van der Waals surface area contributed by atoms with Crippen LogP contribution >= 0.6 is 11.3 Å². The molecule has 1 aliphatic rings. The molecule has 0 bridgehead atoms. The third-order valence-corrected chi connectivity index (χ3v) is 6.04. The molecule has 4 rings (SSSR count). The number of benzene rings is 2. The summed E-state index contributed by atoms with van der Waals surface area (Å²) in [5.41, 5.74) is -0.300. The van der Waals surface area contributed by atoms with Crippen molar-refractivity contribution in [2.75, 3.05) is 11.5 Å². The number of aliphatic hydroxyl groups excluding tert-OH is 1. The standard InChI is InChI=1S/C25H21F2NO4S/c1-14(2)13-32-17-6-3-5-15(11-17)23(29)21-22(20-7-4-10-33-20)28(25(31)24(21)30)19-12-16(26)8-9-18(19)27/h3-12,14,22,29H,13H2,1-2H3/b23-21-. The van der Waals surface area contributed by atoms with Crippen LogP contribution in [0.1, 0.15) is 30.3 Å². The van der Waals surface area contributed by atoms with Gasteiger partial charge in [-0.05, 0) is 41.6 Å². The summed E-state index contributed by atoms with van der Waals surface area (Å²) in [6.45, 7) is 4.46. The second-order valence-corrected chi connectivity index (χ2v) is 8.99. The van der Waals surface area contributed by atoms with E-state index in [1.54, 1.807) is 41.8 Å². The van der Waals surface area contributed by atoms with Crippen molar-refractivity contribution >= 4 is 34.5 Å². The number of carbonyl (C=O) groups is 2. The molecule has 1 aliphatic heterocycles. The van der Waals surface area contributed by atoms with Gasteiger partial charge in [-0.2, -0.15) is 0 Å². The van der Waals surface area contributed by atoms with Crippen molar-refractivity contribution in [2.24, 2.45) is 5.92 Å². The van der Waals surface area contributed by atoms with Gasteiger partial charge in [-0.15, -0.1) is 11.3 Å². The Morgan fingerprint density at radius 3 is 2.61 bits per heavy atom. The summed E-state index contributed by atoms with van der Waals surface area (Å²) in [6.07, 6.45) is 0. The molecule has 2 heterocycles. The van der Waals surface area contributed by atoms with Crippen molar-refractivity contribution in [3.8, 4) is 5.75 Å². The molecule has 170 valence electrons. The molecule has 1 amide bonds. The van der Waals surface area contributed by atoms with Gasteiger partial charge in [-0.25, -0.2) is 8.78 Å². The third kappa shape index (κ3) is 4.39. The van der Waals surface area contributed by atoms with E-state index in [1.807, 2.05) is 13.8 Å². The number of anilines is 1. The number of ketones is 1. The highest BCUT2D eigenvalue weighted by atomic mass is 32.1. The smallest absolute Gasteiger partial charge is 0.300 e. The summed E-state index contributed by atoms with van der Waals surface area (Å²) < 4.78 is 34.3. The molecule has 3 aromatic rings. The highest BCUT2D eigenvalue weighted by Gasteiger charge is 2.48. The number of hydrogen-bond acceptors (Lipinski definition) is 5. The van der Waals surface area contributed by atoms with Crippen molar-refractivity contribution in [1.29, 1.82) is 0 Å². The molecule has 1 aromatic heterocycles. The highest BCUT2D eigenvalue weighted by Crippen LogP contribution is 2.44. The zero-order chi connectivity index (χ0) is 23.7. The Balaban J connectivity index is 1.86. The van der Waals surface area contributed by atoms with Gasteiger partial charge in [-0.1, -0.05) is 32.0 Å². The Bertz CT molecular complexity index is 1240. The van der Waals surface area contributed by atoms with E-state index in [-0.39, 0.29) is 22.7 Å². The van der Waals surface area contributed by atoms with Crippen LogP contribution in [0.15, 0.2) is 65.6 Å². The number of ether oxygens (including phenoxy) is 1. The Morgan fingerprint density at radius 1 is 1.12 bits per heavy atom. The van der Waals surface area contributed by atoms with Crippen molar-refractivity contribution in [3.05, 3.63) is 87.6 Å². The van der Waals surface area contributed by atoms with E-state index >= 15 is 0 Å². The summed E-state index contributed by atoms with van der Waals surface area (Å²) in [5, 5.41) is 12.9. The molecule has 5 nitrogen and oxygen atoms in total. The predicted molar refractivity (Wildman–Crippen MR) is 122 cm³/mol. The Labute approximate surface area is 193 Å². The Morgan fingerprint density at radius 2 is 1.91 bits per heavy atom. The number of rotatable bonds is 6. The number of carbonyl (C=O) groups excluding carboxylic acids is 2. The molecular weight excluding hydrogens is 448 g/mol. The fourth-order valence-corrected chi connectivity index (χ4v) is 4.44. The number of halogens is 2. The zero-order valence-electron chi connectivity index (χ0n) is 17.9. The quantitative estimate of drug-likeness (QED) is 0.286. The van der Waals surface area contributed by atoms with Gasteiger partial charge in [0.2, 0.25) is 0 Å². The van der Waals surface area contributed by atoms with Crippen molar-refractivity contribution in [2.45, 2.75) is 19.9 Å². The van der Waals surface area contributed by atoms with Gasteiger partial charge in [0.05, 0.1) is 17.9 Å². The second kappa shape index (κ2) is 9.15. The molecule has 0 spiro atoms. The van der Waals surface area contributed by atoms with Crippen LogP contribution in [0.5, 0.6) is 5.75 Å². The van der Waals surface area contributed by atoms with Crippen LogP contribution in [0.2, 0.25) is 0 Å². The molecule has 0 saturated carbocycles. The highest BCUT2D eigenvalue weighted by molar-refractivity contribution is 7.10. The number of thiophene rings is 1. The number of nitrogens with zero attached hydrogens (tertiary/aromatic N) is 1. The van der Waals surface area contributed by atoms with E-state index in [2.05, 4.69) is 0 Å². The lowest BCUT2D eigenvalue weighted by Crippen LogP contribution is -2.30. The third-order valence-electron chi connectivity index (χ3n) is 5.12. The van der Waals surface area contributed by atoms with Crippen molar-refractivity contribution < 1.29 is 28.2 Å². The minimum absolute atomic E-state index is 0.202. The fourth-order valence-electron chi connectivity index (χ4n) is 3.62. The normalized spacial score (nSPS) is 17.7. The monoisotopic (exact) mass is 469 g/mol. The molecular formula is C25H21F2NO4S. The molecule has 0 aliphatic carbocycles. The lowest BCUT2D eigenvalue weighted by atomic mass is 9.99. The molecule has 8 heteroatoms. The Kier molecular flexibility index (Phi) is 6.29. The maximum absolute atomic E-state index is 14.6. The number of Topliss-reactive ketones (excluding diaryl/α,β-unsaturated/α-hetero) is 1. The SMILES string of the molecule is CC(C)COc1cccc(/C(O)=C2/C(=O)C(=O)N(c3cc(F)ccc3F)C2c2cccs2)c1. The van der Waals surface area contributed by atoms with Gasteiger partial charge < -0.3 is 9.84 Å². The first-order chi connectivity index (χ1) is 15.8. The van der Waals surface area contributed by atoms with Crippen LogP contribution in [0, 0.1) is 17.6 Å². The first-order valence-electron chi connectivity index (χ1n) is 10.3. The minimum atomic E-state index is -1.11. The first kappa shape index (κ1) is 22.7. The van der Waals surface area contributed by atoms with E-state index in [0.29, 0.717) is 17.2 Å². The molecule has 1 atom stereocenters. The summed E-state index contributed by atoms with van der Waals surface area (Å²) in [7, 11) is 0. The maximum Gasteiger partial charge on any atom is 0.300 e. The first-order valence-corrected chi connectivity index (χ1v) is 11.2. The van der Waals surface area contributed by atoms with Crippen LogP contribution in [0.3, 0.4) is 0 Å². The van der Waals surface area contributed by atoms with Gasteiger partial charge >= 0.3 is 0 Å². The molecule has 0 radical (unpaired) electrons. The van der Waals surface area contributed by atoms with Crippen molar-refractivity contribution in [3.63, 3.8) is 0 Å². The number of aliphatic hydroxyl groups is 1. The molecule has 1 N–H and O–H groups in total. The summed E-state index contributed by atoms with van der Waals surface area (Å²) in [6, 6.07) is 11.5. The second-order valence-electron chi connectivity index (χ2n) is 8.01. The molecule has 2 aromatic carbocycles. The lowest BCUT2D eigenvalue weighted by molar-refractivity contribution is -0.132. The van der Waals surface area contributed by atoms with Gasteiger partial charge in [0.15, 0.2) is 0 Å². The van der Waals surface area contributed by atoms with E-state index in [4.69, 9.17) is 4.74 Å². The van der Waals surface area contributed by atoms with Gasteiger partial charge in [-0.3, -0.25) is 14.5 Å². The average molecular weight is 470 g/mol. The van der Waals surface area contributed by atoms with Gasteiger partial charge in [0.1, 0.15) is 29.2 Å². The lowest BCUT2D eigenvalue weighted by Gasteiger charge is -2.24.